The van der Waals surface area contributed by atoms with Gasteiger partial charge in [-0.3, -0.25) is 9.59 Å². The zero-order valence-corrected chi connectivity index (χ0v) is 13.5. The molecule has 1 N–H and O–H groups in total. The Morgan fingerprint density at radius 2 is 1.86 bits per heavy atom. The van der Waals surface area contributed by atoms with Gasteiger partial charge in [0.05, 0.1) is 0 Å². The average molecular weight is 297 g/mol. The van der Waals surface area contributed by atoms with Gasteiger partial charge in [-0.05, 0) is 38.1 Å². The summed E-state index contributed by atoms with van der Waals surface area (Å²) in [6, 6.07) is -0.477. The highest BCUT2D eigenvalue weighted by atomic mass is 16.2. The van der Waals surface area contributed by atoms with E-state index in [1.54, 1.807) is 4.90 Å². The Bertz CT molecular complexity index is 374. The molecule has 7 nitrogen and oxygen atoms in total. The van der Waals surface area contributed by atoms with E-state index in [0.717, 1.165) is 0 Å². The van der Waals surface area contributed by atoms with Crippen LogP contribution in [0.25, 0.3) is 10.4 Å². The molecule has 0 aliphatic rings. The minimum Gasteiger partial charge on any atom is -0.344 e. The van der Waals surface area contributed by atoms with Crippen LogP contribution in [-0.4, -0.2) is 42.4 Å². The summed E-state index contributed by atoms with van der Waals surface area (Å²) in [4.78, 5) is 28.7. The number of unbranched alkanes of at least 4 members (excludes halogenated alkanes) is 1. The van der Waals surface area contributed by atoms with Gasteiger partial charge in [-0.15, -0.1) is 0 Å². The molecule has 0 unspecified atom stereocenters. The number of likely N-dealkylation sites (N-methyl/N-ethyl adjacent to an activating group) is 1. The van der Waals surface area contributed by atoms with Crippen molar-refractivity contribution in [3.8, 4) is 0 Å². The fourth-order valence-electron chi connectivity index (χ4n) is 2.00. The van der Waals surface area contributed by atoms with Gasteiger partial charge < -0.3 is 10.2 Å². The molecule has 0 saturated heterocycles. The van der Waals surface area contributed by atoms with E-state index in [1.165, 1.54) is 0 Å². The summed E-state index contributed by atoms with van der Waals surface area (Å²) in [7, 11) is 0. The molecule has 0 rings (SSSR count). The number of nitrogens with zero attached hydrogens (tertiary/aromatic N) is 4. The van der Waals surface area contributed by atoms with Crippen molar-refractivity contribution in [2.75, 3.05) is 19.6 Å². The fourth-order valence-corrected chi connectivity index (χ4v) is 2.00. The van der Waals surface area contributed by atoms with E-state index in [9.17, 15) is 9.59 Å². The Hall–Kier alpha value is -1.75. The third kappa shape index (κ3) is 7.56. The second kappa shape index (κ2) is 11.0. The van der Waals surface area contributed by atoms with Crippen LogP contribution in [0, 0.1) is 5.92 Å². The lowest BCUT2D eigenvalue weighted by Crippen LogP contribution is -2.51. The third-order valence-corrected chi connectivity index (χ3v) is 3.30. The van der Waals surface area contributed by atoms with E-state index in [4.69, 9.17) is 5.53 Å². The van der Waals surface area contributed by atoms with Crippen LogP contribution in [0.2, 0.25) is 0 Å². The number of nitrogens with one attached hydrogen (secondary N) is 1. The van der Waals surface area contributed by atoms with Crippen LogP contribution in [-0.2, 0) is 9.59 Å². The number of hydrogen-bond acceptors (Lipinski definition) is 3. The number of amides is 2. The summed E-state index contributed by atoms with van der Waals surface area (Å²) in [6.45, 7) is 9.38. The molecule has 0 bridgehead atoms. The lowest BCUT2D eigenvalue weighted by molar-refractivity contribution is -0.137. The zero-order chi connectivity index (χ0) is 16.3. The van der Waals surface area contributed by atoms with E-state index in [1.807, 2.05) is 27.7 Å². The summed E-state index contributed by atoms with van der Waals surface area (Å²) in [5, 5.41) is 6.24. The normalized spacial score (nSPS) is 11.7. The van der Waals surface area contributed by atoms with Crippen LogP contribution in [0.15, 0.2) is 5.11 Å². The molecule has 7 heteroatoms. The molecule has 0 aromatic carbocycles. The summed E-state index contributed by atoms with van der Waals surface area (Å²) in [6.07, 6.45) is 1.67. The monoisotopic (exact) mass is 297 g/mol. The van der Waals surface area contributed by atoms with E-state index in [-0.39, 0.29) is 17.7 Å². The lowest BCUT2D eigenvalue weighted by Gasteiger charge is -2.28. The highest BCUT2D eigenvalue weighted by molar-refractivity contribution is 5.87. The van der Waals surface area contributed by atoms with Gasteiger partial charge in [0.15, 0.2) is 0 Å². The summed E-state index contributed by atoms with van der Waals surface area (Å²) in [5.41, 5.74) is 8.15. The van der Waals surface area contributed by atoms with Crippen molar-refractivity contribution in [2.24, 2.45) is 11.0 Å². The van der Waals surface area contributed by atoms with E-state index in [0.29, 0.717) is 38.9 Å². The molecule has 21 heavy (non-hydrogen) atoms. The molecule has 1 atom stereocenters. The van der Waals surface area contributed by atoms with Gasteiger partial charge in [0.25, 0.3) is 0 Å². The van der Waals surface area contributed by atoms with Crippen LogP contribution >= 0.6 is 0 Å². The molecular formula is C14H27N5O2. The minimum atomic E-state index is -0.477. The highest BCUT2D eigenvalue weighted by Crippen LogP contribution is 2.07. The molecule has 120 valence electrons. The molecule has 0 aliphatic carbocycles. The van der Waals surface area contributed by atoms with Gasteiger partial charge in [0, 0.05) is 31.0 Å². The van der Waals surface area contributed by atoms with E-state index >= 15 is 0 Å². The molecule has 0 saturated carbocycles. The first-order valence-electron chi connectivity index (χ1n) is 7.56. The van der Waals surface area contributed by atoms with Gasteiger partial charge in [0.1, 0.15) is 6.04 Å². The van der Waals surface area contributed by atoms with Crippen molar-refractivity contribution in [3.63, 3.8) is 0 Å². The molecule has 0 aromatic heterocycles. The SMILES string of the molecule is CCN(CC)C(=O)[C@@H](NC(=O)CCCCN=[N+]=[N-])C(C)C. The van der Waals surface area contributed by atoms with Gasteiger partial charge >= 0.3 is 0 Å². The van der Waals surface area contributed by atoms with Crippen molar-refractivity contribution >= 4 is 11.8 Å². The Morgan fingerprint density at radius 3 is 2.33 bits per heavy atom. The summed E-state index contributed by atoms with van der Waals surface area (Å²) in [5.74, 6) is -0.113. The van der Waals surface area contributed by atoms with E-state index < -0.39 is 6.04 Å². The molecule has 0 aromatic rings. The van der Waals surface area contributed by atoms with Crippen LogP contribution < -0.4 is 5.32 Å². The first-order valence-corrected chi connectivity index (χ1v) is 7.56. The van der Waals surface area contributed by atoms with Gasteiger partial charge in [-0.1, -0.05) is 19.0 Å². The number of azide groups is 1. The second-order valence-corrected chi connectivity index (χ2v) is 5.21. The molecule has 0 radical (unpaired) electrons. The average Bonchev–Trinajstić information content (AvgIpc) is 2.45. The summed E-state index contributed by atoms with van der Waals surface area (Å²) >= 11 is 0. The maximum atomic E-state index is 12.4. The predicted octanol–water partition coefficient (Wildman–Crippen LogP) is 2.48. The van der Waals surface area contributed by atoms with Crippen molar-refractivity contribution in [1.82, 2.24) is 10.2 Å². The number of carbonyl (C=O) groups excluding carboxylic acids is 2. The van der Waals surface area contributed by atoms with Crippen molar-refractivity contribution < 1.29 is 9.59 Å². The van der Waals surface area contributed by atoms with Crippen LogP contribution in [0.4, 0.5) is 0 Å². The largest absolute Gasteiger partial charge is 0.344 e. The second-order valence-electron chi connectivity index (χ2n) is 5.21. The molecule has 0 heterocycles. The number of rotatable bonds is 10. The maximum Gasteiger partial charge on any atom is 0.245 e. The topological polar surface area (TPSA) is 98.2 Å². The van der Waals surface area contributed by atoms with Gasteiger partial charge in [-0.2, -0.15) is 0 Å². The third-order valence-electron chi connectivity index (χ3n) is 3.30. The molecule has 0 fully saturated rings. The predicted molar refractivity (Wildman–Crippen MR) is 82.6 cm³/mol. The Kier molecular flexibility index (Phi) is 10.1. The van der Waals surface area contributed by atoms with Crippen LogP contribution in [0.1, 0.15) is 47.0 Å². The Morgan fingerprint density at radius 1 is 1.24 bits per heavy atom. The van der Waals surface area contributed by atoms with Crippen molar-refractivity contribution in [3.05, 3.63) is 10.4 Å². The Labute approximate surface area is 126 Å². The molecule has 0 spiro atoms. The molecule has 2 amide bonds. The van der Waals surface area contributed by atoms with Crippen LogP contribution in [0.3, 0.4) is 0 Å². The van der Waals surface area contributed by atoms with Crippen molar-refractivity contribution in [1.29, 1.82) is 0 Å². The first kappa shape index (κ1) is 19.2. The first-order chi connectivity index (χ1) is 9.97. The molecule has 0 aliphatic heterocycles. The quantitative estimate of drug-likeness (QED) is 0.290. The zero-order valence-electron chi connectivity index (χ0n) is 13.5. The fraction of sp³-hybridized carbons (Fsp3) is 0.857. The van der Waals surface area contributed by atoms with Gasteiger partial charge in [-0.25, -0.2) is 0 Å². The summed E-state index contributed by atoms with van der Waals surface area (Å²) < 4.78 is 0. The standard InChI is InChI=1S/C14H27N5O2/c1-5-19(6-2)14(21)13(11(3)4)17-12(20)9-7-8-10-16-18-15/h11,13H,5-10H2,1-4H3,(H,17,20)/t13-/m0/s1. The maximum absolute atomic E-state index is 12.4. The Balaban J connectivity index is 4.40. The van der Waals surface area contributed by atoms with E-state index in [2.05, 4.69) is 15.3 Å². The highest BCUT2D eigenvalue weighted by Gasteiger charge is 2.26. The van der Waals surface area contributed by atoms with Crippen LogP contribution in [0.5, 0.6) is 0 Å². The smallest absolute Gasteiger partial charge is 0.245 e. The minimum absolute atomic E-state index is 0.0302. The van der Waals surface area contributed by atoms with Crippen molar-refractivity contribution in [2.45, 2.75) is 53.0 Å². The number of hydrogen-bond donors (Lipinski definition) is 1. The number of carbonyl (C=O) groups is 2. The lowest BCUT2D eigenvalue weighted by atomic mass is 10.0. The van der Waals surface area contributed by atoms with Gasteiger partial charge in [0.2, 0.25) is 11.8 Å². The molecular weight excluding hydrogens is 270 g/mol.